The van der Waals surface area contributed by atoms with Gasteiger partial charge >= 0.3 is 12.2 Å². The Morgan fingerprint density at radius 1 is 1.03 bits per heavy atom. The van der Waals surface area contributed by atoms with E-state index in [0.717, 1.165) is 5.56 Å². The maximum atomic E-state index is 14.3. The van der Waals surface area contributed by atoms with Crippen molar-refractivity contribution in [1.82, 2.24) is 15.1 Å². The molecule has 1 saturated heterocycles. The van der Waals surface area contributed by atoms with Crippen LogP contribution in [0.3, 0.4) is 0 Å². The summed E-state index contributed by atoms with van der Waals surface area (Å²) in [5, 5.41) is 2.55. The molecule has 212 valence electrons. The number of carbonyl (C=O) groups is 3. The SMILES string of the molecule is C[C@H]1CN(C(=O)C[C@@H](Cc2cc(F)c(F)cc2F)NC(=O)OC(C)(C)C)CCN1C(=O)OCc1ccccc1. The van der Waals surface area contributed by atoms with Gasteiger partial charge in [0.1, 0.15) is 18.0 Å². The lowest BCUT2D eigenvalue weighted by molar-refractivity contribution is -0.134. The molecule has 1 aliphatic rings. The molecule has 2 aromatic carbocycles. The molecule has 1 N–H and O–H groups in total. The van der Waals surface area contributed by atoms with Crippen LogP contribution in [0.4, 0.5) is 22.8 Å². The average molecular weight is 550 g/mol. The van der Waals surface area contributed by atoms with Gasteiger partial charge in [0.15, 0.2) is 11.6 Å². The number of rotatable bonds is 7. The van der Waals surface area contributed by atoms with Gasteiger partial charge in [0.25, 0.3) is 0 Å². The first kappa shape index (κ1) is 29.8. The molecule has 1 aliphatic heterocycles. The topological polar surface area (TPSA) is 88.2 Å². The first-order valence-corrected chi connectivity index (χ1v) is 12.7. The Kier molecular flexibility index (Phi) is 9.82. The third-order valence-electron chi connectivity index (χ3n) is 6.12. The zero-order valence-corrected chi connectivity index (χ0v) is 22.5. The van der Waals surface area contributed by atoms with Crippen LogP contribution in [0.25, 0.3) is 0 Å². The van der Waals surface area contributed by atoms with Gasteiger partial charge in [0.2, 0.25) is 5.91 Å². The highest BCUT2D eigenvalue weighted by molar-refractivity contribution is 5.78. The van der Waals surface area contributed by atoms with Crippen LogP contribution in [0.5, 0.6) is 0 Å². The molecule has 0 radical (unpaired) electrons. The Labute approximate surface area is 226 Å². The minimum Gasteiger partial charge on any atom is -0.445 e. The molecule has 2 aromatic rings. The normalized spacial score (nSPS) is 16.4. The smallest absolute Gasteiger partial charge is 0.410 e. The monoisotopic (exact) mass is 549 g/mol. The maximum absolute atomic E-state index is 14.3. The number of nitrogens with one attached hydrogen (secondary N) is 1. The van der Waals surface area contributed by atoms with Gasteiger partial charge in [0.05, 0.1) is 0 Å². The van der Waals surface area contributed by atoms with Crippen molar-refractivity contribution < 1.29 is 37.0 Å². The summed E-state index contributed by atoms with van der Waals surface area (Å²) in [6.07, 6.45) is -1.84. The van der Waals surface area contributed by atoms with Gasteiger partial charge in [0, 0.05) is 44.2 Å². The van der Waals surface area contributed by atoms with Crippen LogP contribution >= 0.6 is 0 Å². The van der Waals surface area contributed by atoms with E-state index in [1.807, 2.05) is 30.3 Å². The molecule has 1 heterocycles. The van der Waals surface area contributed by atoms with E-state index in [9.17, 15) is 27.6 Å². The minimum atomic E-state index is -1.34. The summed E-state index contributed by atoms with van der Waals surface area (Å²) in [6, 6.07) is 9.09. The van der Waals surface area contributed by atoms with Crippen LogP contribution in [-0.4, -0.2) is 65.2 Å². The molecule has 2 atom stereocenters. The summed E-state index contributed by atoms with van der Waals surface area (Å²) in [5.74, 6) is -3.92. The predicted molar refractivity (Wildman–Crippen MR) is 137 cm³/mol. The number of hydrogen-bond donors (Lipinski definition) is 1. The largest absolute Gasteiger partial charge is 0.445 e. The van der Waals surface area contributed by atoms with Gasteiger partial charge in [-0.15, -0.1) is 0 Å². The maximum Gasteiger partial charge on any atom is 0.410 e. The fraction of sp³-hybridized carbons (Fsp3) is 0.464. The third kappa shape index (κ3) is 8.90. The second-order valence-corrected chi connectivity index (χ2v) is 10.5. The molecule has 0 aromatic heterocycles. The van der Waals surface area contributed by atoms with Gasteiger partial charge < -0.3 is 24.6 Å². The number of ether oxygens (including phenoxy) is 2. The molecule has 1 fully saturated rings. The van der Waals surface area contributed by atoms with E-state index in [1.54, 1.807) is 32.6 Å². The van der Waals surface area contributed by atoms with E-state index < -0.39 is 41.3 Å². The molecule has 11 heteroatoms. The van der Waals surface area contributed by atoms with Gasteiger partial charge in [-0.2, -0.15) is 0 Å². The summed E-state index contributed by atoms with van der Waals surface area (Å²) in [7, 11) is 0. The van der Waals surface area contributed by atoms with Gasteiger partial charge in [-0.05, 0) is 51.3 Å². The summed E-state index contributed by atoms with van der Waals surface area (Å²) in [5.41, 5.74) is -0.164. The lowest BCUT2D eigenvalue weighted by Gasteiger charge is -2.39. The highest BCUT2D eigenvalue weighted by atomic mass is 19.2. The van der Waals surface area contributed by atoms with E-state index in [1.165, 1.54) is 4.90 Å². The van der Waals surface area contributed by atoms with Crippen LogP contribution in [-0.2, 0) is 27.3 Å². The van der Waals surface area contributed by atoms with Crippen molar-refractivity contribution in [1.29, 1.82) is 0 Å². The molecule has 0 saturated carbocycles. The van der Waals surface area contributed by atoms with Crippen LogP contribution in [0.1, 0.15) is 45.2 Å². The molecule has 0 unspecified atom stereocenters. The van der Waals surface area contributed by atoms with Crippen molar-refractivity contribution in [2.75, 3.05) is 19.6 Å². The molecule has 3 amide bonds. The molecule has 3 rings (SSSR count). The predicted octanol–water partition coefficient (Wildman–Crippen LogP) is 4.80. The number of hydrogen-bond acceptors (Lipinski definition) is 5. The first-order chi connectivity index (χ1) is 18.3. The molecular weight excluding hydrogens is 515 g/mol. The second kappa shape index (κ2) is 12.9. The third-order valence-corrected chi connectivity index (χ3v) is 6.12. The minimum absolute atomic E-state index is 0.129. The zero-order valence-electron chi connectivity index (χ0n) is 22.5. The molecule has 39 heavy (non-hydrogen) atoms. The lowest BCUT2D eigenvalue weighted by Crippen LogP contribution is -2.56. The Hall–Kier alpha value is -3.76. The fourth-order valence-corrected chi connectivity index (χ4v) is 4.23. The van der Waals surface area contributed by atoms with Crippen LogP contribution in [0.2, 0.25) is 0 Å². The van der Waals surface area contributed by atoms with Crippen molar-refractivity contribution in [3.63, 3.8) is 0 Å². The van der Waals surface area contributed by atoms with E-state index in [2.05, 4.69) is 5.32 Å². The molecule has 0 bridgehead atoms. The standard InChI is InChI=1S/C28H34F3N3O5/c1-18-16-33(10-11-34(18)27(37)38-17-19-8-6-5-7-9-19)25(35)14-21(32-26(36)39-28(2,3)4)12-20-13-23(30)24(31)15-22(20)29/h5-9,13,15,18,21H,10-12,14,16-17H2,1-4H3,(H,32,36)/t18-,21+/m0/s1. The Balaban J connectivity index is 1.63. The second-order valence-electron chi connectivity index (χ2n) is 10.5. The number of carbonyl (C=O) groups excluding carboxylic acids is 3. The van der Waals surface area contributed by atoms with Crippen molar-refractivity contribution in [2.45, 2.75) is 64.8 Å². The van der Waals surface area contributed by atoms with Gasteiger partial charge in [-0.1, -0.05) is 30.3 Å². The van der Waals surface area contributed by atoms with Gasteiger partial charge in [-0.25, -0.2) is 22.8 Å². The highest BCUT2D eigenvalue weighted by Gasteiger charge is 2.32. The fourth-order valence-electron chi connectivity index (χ4n) is 4.23. The first-order valence-electron chi connectivity index (χ1n) is 12.7. The van der Waals surface area contributed by atoms with Gasteiger partial charge in [-0.3, -0.25) is 4.79 Å². The number of amides is 3. The summed E-state index contributed by atoms with van der Waals surface area (Å²) in [4.78, 5) is 41.3. The Morgan fingerprint density at radius 3 is 2.33 bits per heavy atom. The number of halogens is 3. The summed E-state index contributed by atoms with van der Waals surface area (Å²) < 4.78 is 52.2. The van der Waals surface area contributed by atoms with Crippen LogP contribution in [0.15, 0.2) is 42.5 Å². The molecular formula is C28H34F3N3O5. The van der Waals surface area contributed by atoms with E-state index in [-0.39, 0.29) is 56.6 Å². The number of alkyl carbamates (subject to hydrolysis) is 1. The Morgan fingerprint density at radius 2 is 1.69 bits per heavy atom. The van der Waals surface area contributed by atoms with Crippen LogP contribution in [0, 0.1) is 17.5 Å². The molecule has 8 nitrogen and oxygen atoms in total. The number of piperazine rings is 1. The molecule has 0 spiro atoms. The van der Waals surface area contributed by atoms with Crippen molar-refractivity contribution in [3.8, 4) is 0 Å². The van der Waals surface area contributed by atoms with E-state index in [0.29, 0.717) is 12.1 Å². The number of benzene rings is 2. The van der Waals surface area contributed by atoms with E-state index >= 15 is 0 Å². The van der Waals surface area contributed by atoms with Crippen molar-refractivity contribution >= 4 is 18.1 Å². The van der Waals surface area contributed by atoms with Crippen LogP contribution < -0.4 is 5.32 Å². The zero-order chi connectivity index (χ0) is 28.7. The highest BCUT2D eigenvalue weighted by Crippen LogP contribution is 2.19. The van der Waals surface area contributed by atoms with Crippen molar-refractivity contribution in [2.24, 2.45) is 0 Å². The lowest BCUT2D eigenvalue weighted by atomic mass is 10.0. The summed E-state index contributed by atoms with van der Waals surface area (Å²) >= 11 is 0. The van der Waals surface area contributed by atoms with Crippen molar-refractivity contribution in [3.05, 3.63) is 71.0 Å². The Bertz CT molecular complexity index is 1170. The average Bonchev–Trinajstić information content (AvgIpc) is 2.85. The molecule has 0 aliphatic carbocycles. The summed E-state index contributed by atoms with van der Waals surface area (Å²) in [6.45, 7) is 7.58. The quantitative estimate of drug-likeness (QED) is 0.502. The number of nitrogens with zero attached hydrogens (tertiary/aromatic N) is 2. The van der Waals surface area contributed by atoms with E-state index in [4.69, 9.17) is 9.47 Å².